The van der Waals surface area contributed by atoms with Gasteiger partial charge >= 0.3 is 0 Å². The Labute approximate surface area is 125 Å². The highest BCUT2D eigenvalue weighted by molar-refractivity contribution is 5.95. The van der Waals surface area contributed by atoms with E-state index in [1.165, 1.54) is 7.11 Å². The number of nitrogens with two attached hydrogens (primary N) is 1. The summed E-state index contributed by atoms with van der Waals surface area (Å²) in [7, 11) is 4.79. The van der Waals surface area contributed by atoms with E-state index in [0.29, 0.717) is 43.3 Å². The van der Waals surface area contributed by atoms with Crippen molar-refractivity contribution < 1.29 is 19.0 Å². The molecule has 0 fully saturated rings. The molecule has 0 aliphatic rings. The lowest BCUT2D eigenvalue weighted by Gasteiger charge is -2.22. The fourth-order valence-electron chi connectivity index (χ4n) is 1.94. The van der Waals surface area contributed by atoms with Gasteiger partial charge in [0.2, 0.25) is 0 Å². The second kappa shape index (κ2) is 9.20. The molecule has 0 radical (unpaired) electrons. The van der Waals surface area contributed by atoms with E-state index in [1.54, 1.807) is 37.3 Å². The van der Waals surface area contributed by atoms with Crippen LogP contribution < -0.4 is 10.5 Å². The number of nitrogens with zero attached hydrogens (tertiary/aromatic N) is 1. The van der Waals surface area contributed by atoms with Gasteiger partial charge in [-0.2, -0.15) is 0 Å². The molecule has 0 saturated heterocycles. The van der Waals surface area contributed by atoms with Gasteiger partial charge in [0, 0.05) is 39.5 Å². The van der Waals surface area contributed by atoms with Crippen LogP contribution in [-0.4, -0.2) is 58.4 Å². The third-order valence-electron chi connectivity index (χ3n) is 3.11. The Hall–Kier alpha value is -1.79. The largest absolute Gasteiger partial charge is 0.495 e. The number of rotatable bonds is 9. The zero-order valence-corrected chi connectivity index (χ0v) is 12.9. The van der Waals surface area contributed by atoms with Gasteiger partial charge in [-0.05, 0) is 24.6 Å². The molecule has 21 heavy (non-hydrogen) atoms. The molecule has 0 heterocycles. The number of carbonyl (C=O) groups excluding carboxylic acids is 1. The summed E-state index contributed by atoms with van der Waals surface area (Å²) >= 11 is 0. The molecule has 1 amide bonds. The highest BCUT2D eigenvalue weighted by atomic mass is 16.5. The van der Waals surface area contributed by atoms with Crippen LogP contribution in [0.4, 0.5) is 5.69 Å². The molecule has 0 unspecified atom stereocenters. The van der Waals surface area contributed by atoms with Crippen LogP contribution in [0.15, 0.2) is 18.2 Å². The van der Waals surface area contributed by atoms with Crippen molar-refractivity contribution in [1.29, 1.82) is 0 Å². The first-order valence-corrected chi connectivity index (χ1v) is 6.84. The number of anilines is 1. The summed E-state index contributed by atoms with van der Waals surface area (Å²) in [5.74, 6) is 0.436. The van der Waals surface area contributed by atoms with Gasteiger partial charge in [0.25, 0.3) is 5.91 Å². The number of hydrogen-bond acceptors (Lipinski definition) is 5. The molecule has 0 saturated carbocycles. The van der Waals surface area contributed by atoms with Crippen LogP contribution in [0.25, 0.3) is 0 Å². The van der Waals surface area contributed by atoms with Crippen molar-refractivity contribution in [3.05, 3.63) is 23.8 Å². The molecule has 1 rings (SSSR count). The Morgan fingerprint density at radius 1 is 1.14 bits per heavy atom. The SMILES string of the molecule is COCCCN(CCOC)C(=O)c1ccc(N)c(OC)c1. The van der Waals surface area contributed by atoms with Crippen LogP contribution in [0.5, 0.6) is 5.75 Å². The van der Waals surface area contributed by atoms with Gasteiger partial charge in [0.1, 0.15) is 5.75 Å². The maximum atomic E-state index is 12.6. The van der Waals surface area contributed by atoms with Gasteiger partial charge in [0.05, 0.1) is 19.4 Å². The van der Waals surface area contributed by atoms with Crippen LogP contribution in [0.2, 0.25) is 0 Å². The second-order valence-electron chi connectivity index (χ2n) is 4.59. The van der Waals surface area contributed by atoms with E-state index < -0.39 is 0 Å². The number of hydrogen-bond donors (Lipinski definition) is 1. The second-order valence-corrected chi connectivity index (χ2v) is 4.59. The van der Waals surface area contributed by atoms with E-state index in [9.17, 15) is 4.79 Å². The Morgan fingerprint density at radius 3 is 2.48 bits per heavy atom. The molecular weight excluding hydrogens is 272 g/mol. The van der Waals surface area contributed by atoms with E-state index >= 15 is 0 Å². The Bertz CT molecular complexity index is 451. The standard InChI is InChI=1S/C15H24N2O4/c1-19-9-4-7-17(8-10-20-2)15(18)12-5-6-13(16)14(11-12)21-3/h5-6,11H,4,7-10,16H2,1-3H3. The van der Waals surface area contributed by atoms with Crippen molar-refractivity contribution in [2.75, 3.05) is 53.4 Å². The molecule has 0 spiro atoms. The quantitative estimate of drug-likeness (QED) is 0.551. The maximum absolute atomic E-state index is 12.6. The molecule has 118 valence electrons. The van der Waals surface area contributed by atoms with Crippen molar-refractivity contribution >= 4 is 11.6 Å². The number of methoxy groups -OCH3 is 3. The predicted octanol–water partition coefficient (Wildman–Crippen LogP) is 1.40. The minimum absolute atomic E-state index is 0.0681. The number of amides is 1. The van der Waals surface area contributed by atoms with E-state index in [2.05, 4.69) is 0 Å². The molecule has 0 aromatic heterocycles. The van der Waals surface area contributed by atoms with Gasteiger partial charge in [-0.1, -0.05) is 0 Å². The van der Waals surface area contributed by atoms with Crippen molar-refractivity contribution in [1.82, 2.24) is 4.90 Å². The summed E-state index contributed by atoms with van der Waals surface area (Å²) in [6.07, 6.45) is 0.776. The van der Waals surface area contributed by atoms with Crippen LogP contribution in [-0.2, 0) is 9.47 Å². The number of ether oxygens (including phenoxy) is 3. The molecule has 0 bridgehead atoms. The third kappa shape index (κ3) is 5.24. The average molecular weight is 296 g/mol. The van der Waals surface area contributed by atoms with Crippen molar-refractivity contribution in [2.45, 2.75) is 6.42 Å². The minimum Gasteiger partial charge on any atom is -0.495 e. The highest BCUT2D eigenvalue weighted by Crippen LogP contribution is 2.23. The topological polar surface area (TPSA) is 74.0 Å². The van der Waals surface area contributed by atoms with Crippen LogP contribution in [0.3, 0.4) is 0 Å². The molecule has 1 aromatic rings. The van der Waals surface area contributed by atoms with E-state index in [-0.39, 0.29) is 5.91 Å². The molecule has 2 N–H and O–H groups in total. The number of nitrogen functional groups attached to an aromatic ring is 1. The van der Waals surface area contributed by atoms with E-state index in [1.807, 2.05) is 0 Å². The summed E-state index contributed by atoms with van der Waals surface area (Å²) in [6, 6.07) is 5.04. The third-order valence-corrected chi connectivity index (χ3v) is 3.11. The Morgan fingerprint density at radius 2 is 1.86 bits per heavy atom. The van der Waals surface area contributed by atoms with E-state index in [4.69, 9.17) is 19.9 Å². The Balaban J connectivity index is 2.82. The van der Waals surface area contributed by atoms with Crippen molar-refractivity contribution in [2.24, 2.45) is 0 Å². The molecular formula is C15H24N2O4. The van der Waals surface area contributed by atoms with Crippen LogP contribution in [0, 0.1) is 0 Å². The van der Waals surface area contributed by atoms with Crippen molar-refractivity contribution in [3.63, 3.8) is 0 Å². The van der Waals surface area contributed by atoms with Gasteiger partial charge in [0.15, 0.2) is 0 Å². The highest BCUT2D eigenvalue weighted by Gasteiger charge is 2.16. The normalized spacial score (nSPS) is 10.4. The molecule has 1 aromatic carbocycles. The first-order valence-electron chi connectivity index (χ1n) is 6.84. The van der Waals surface area contributed by atoms with Gasteiger partial charge in [-0.3, -0.25) is 4.79 Å². The summed E-state index contributed by atoms with van der Waals surface area (Å²) in [4.78, 5) is 14.3. The summed E-state index contributed by atoms with van der Waals surface area (Å²) in [5.41, 5.74) is 6.83. The fourth-order valence-corrected chi connectivity index (χ4v) is 1.94. The zero-order chi connectivity index (χ0) is 15.7. The minimum atomic E-state index is -0.0681. The van der Waals surface area contributed by atoms with Gasteiger partial charge < -0.3 is 24.8 Å². The molecule has 6 nitrogen and oxygen atoms in total. The fraction of sp³-hybridized carbons (Fsp3) is 0.533. The van der Waals surface area contributed by atoms with E-state index in [0.717, 1.165) is 6.42 Å². The van der Waals surface area contributed by atoms with Crippen molar-refractivity contribution in [3.8, 4) is 5.75 Å². The first-order chi connectivity index (χ1) is 10.1. The molecule has 0 atom stereocenters. The maximum Gasteiger partial charge on any atom is 0.254 e. The summed E-state index contributed by atoms with van der Waals surface area (Å²) in [6.45, 7) is 2.25. The number of carbonyl (C=O) groups is 1. The number of benzene rings is 1. The lowest BCUT2D eigenvalue weighted by atomic mass is 10.1. The molecule has 0 aliphatic heterocycles. The van der Waals surface area contributed by atoms with Crippen LogP contribution >= 0.6 is 0 Å². The predicted molar refractivity (Wildman–Crippen MR) is 81.7 cm³/mol. The zero-order valence-electron chi connectivity index (χ0n) is 12.9. The summed E-state index contributed by atoms with van der Waals surface area (Å²) in [5, 5.41) is 0. The summed E-state index contributed by atoms with van der Waals surface area (Å²) < 4.78 is 15.2. The molecule has 6 heteroatoms. The first kappa shape index (κ1) is 17.3. The Kier molecular flexibility index (Phi) is 7.56. The van der Waals surface area contributed by atoms with Gasteiger partial charge in [-0.15, -0.1) is 0 Å². The molecule has 0 aliphatic carbocycles. The van der Waals surface area contributed by atoms with Crippen LogP contribution in [0.1, 0.15) is 16.8 Å². The van der Waals surface area contributed by atoms with Gasteiger partial charge in [-0.25, -0.2) is 0 Å². The average Bonchev–Trinajstić information content (AvgIpc) is 2.50. The monoisotopic (exact) mass is 296 g/mol. The lowest BCUT2D eigenvalue weighted by molar-refractivity contribution is 0.0674. The smallest absolute Gasteiger partial charge is 0.254 e. The lowest BCUT2D eigenvalue weighted by Crippen LogP contribution is -2.35.